The molecule has 13 heteroatoms. The van der Waals surface area contributed by atoms with Crippen LogP contribution in [-0.4, -0.2) is 54.1 Å². The molecule has 32 heavy (non-hydrogen) atoms. The third-order valence-corrected chi connectivity index (χ3v) is 6.78. The number of phosphoric acid groups is 1. The molecule has 5 rings (SSSR count). The normalized spacial score (nSPS) is 31.9. The van der Waals surface area contributed by atoms with E-state index in [1.54, 1.807) is 24.3 Å². The van der Waals surface area contributed by atoms with Crippen molar-refractivity contribution in [1.82, 2.24) is 19.5 Å². The van der Waals surface area contributed by atoms with Crippen LogP contribution in [-0.2, 0) is 25.0 Å². The lowest BCUT2D eigenvalue weighted by molar-refractivity contribution is -0.0963. The molecule has 1 aromatic carbocycles. The van der Waals surface area contributed by atoms with Crippen LogP contribution in [0.15, 0.2) is 49.6 Å². The van der Waals surface area contributed by atoms with Crippen molar-refractivity contribution in [3.05, 3.63) is 55.1 Å². The first kappa shape index (κ1) is 21.0. The van der Waals surface area contributed by atoms with Crippen molar-refractivity contribution < 1.29 is 33.1 Å². The fourth-order valence-electron chi connectivity index (χ4n) is 3.69. The Bertz CT molecular complexity index is 1240. The van der Waals surface area contributed by atoms with Gasteiger partial charge in [0.25, 0.3) is 0 Å². The number of ether oxygens (including phenoxy) is 1. The van der Waals surface area contributed by atoms with E-state index in [0.29, 0.717) is 16.9 Å². The van der Waals surface area contributed by atoms with Gasteiger partial charge in [-0.15, -0.1) is 6.58 Å². The van der Waals surface area contributed by atoms with Gasteiger partial charge in [0.2, 0.25) is 0 Å². The van der Waals surface area contributed by atoms with Gasteiger partial charge in [0.1, 0.15) is 35.4 Å². The first-order chi connectivity index (χ1) is 15.4. The molecule has 0 aliphatic carbocycles. The Morgan fingerprint density at radius 1 is 1.34 bits per heavy atom. The van der Waals surface area contributed by atoms with Crippen LogP contribution in [0.5, 0.6) is 5.75 Å². The van der Waals surface area contributed by atoms with Crippen LogP contribution in [0.3, 0.4) is 0 Å². The topological polar surface area (TPSA) is 164 Å². The van der Waals surface area contributed by atoms with E-state index in [2.05, 4.69) is 21.5 Å². The number of rotatable bonds is 5. The second-order valence-electron chi connectivity index (χ2n) is 7.38. The van der Waals surface area contributed by atoms with Crippen molar-refractivity contribution in [2.45, 2.75) is 30.6 Å². The highest BCUT2D eigenvalue weighted by atomic mass is 31.2. The Morgan fingerprint density at radius 3 is 2.97 bits per heavy atom. The molecule has 1 saturated heterocycles. The average molecular weight is 461 g/mol. The third-order valence-electron chi connectivity index (χ3n) is 5.47. The number of aliphatic hydroxyl groups excluding tert-OH is 2. The van der Waals surface area contributed by atoms with Gasteiger partial charge in [-0.25, -0.2) is 19.5 Å². The van der Waals surface area contributed by atoms with E-state index in [4.69, 9.17) is 24.0 Å². The van der Waals surface area contributed by atoms with Gasteiger partial charge in [-0.2, -0.15) is 0 Å². The maximum atomic E-state index is 13.0. The molecular formula is C19H20N5O7P. The molecule has 0 bridgehead atoms. The summed E-state index contributed by atoms with van der Waals surface area (Å²) in [5, 5.41) is 21.5. The zero-order chi connectivity index (χ0) is 22.5. The lowest BCUT2D eigenvalue weighted by Gasteiger charge is -2.31. The first-order valence-electron chi connectivity index (χ1n) is 9.63. The summed E-state index contributed by atoms with van der Waals surface area (Å²) < 4.78 is 36.6. The van der Waals surface area contributed by atoms with Crippen LogP contribution in [0.4, 0.5) is 5.82 Å². The predicted molar refractivity (Wildman–Crippen MR) is 110 cm³/mol. The van der Waals surface area contributed by atoms with Gasteiger partial charge < -0.3 is 25.2 Å². The van der Waals surface area contributed by atoms with Crippen molar-refractivity contribution in [1.29, 1.82) is 0 Å². The molecule has 2 aliphatic rings. The summed E-state index contributed by atoms with van der Waals surface area (Å²) in [5.41, 5.74) is 5.53. The standard InChI is InChI=1S/C19H20N5O7P/c1-2-19(8-29-32(27)28-7-11-5-3-4-6-12(11)31-32)15(26)14(25)18(30-19)24-10-23-13-16(20)21-9-22-17(13)24/h2-6,9-10,14-15,18,25-26H,1,7-8H2,(H2,20,21,22)/t14-,15+,18-,19-,32?/m1/s1. The molecule has 12 nitrogen and oxygen atoms in total. The Kier molecular flexibility index (Phi) is 5.01. The molecule has 2 aliphatic heterocycles. The quantitative estimate of drug-likeness (QED) is 0.371. The van der Waals surface area contributed by atoms with Crippen LogP contribution in [0.1, 0.15) is 11.8 Å². The van der Waals surface area contributed by atoms with Crippen molar-refractivity contribution in [2.75, 3.05) is 12.3 Å². The average Bonchev–Trinajstić information content (AvgIpc) is 3.33. The summed E-state index contributed by atoms with van der Waals surface area (Å²) >= 11 is 0. The summed E-state index contributed by atoms with van der Waals surface area (Å²) in [6, 6.07) is 6.96. The minimum atomic E-state index is -4.00. The summed E-state index contributed by atoms with van der Waals surface area (Å²) in [6.45, 7) is 3.27. The van der Waals surface area contributed by atoms with Crippen molar-refractivity contribution in [2.24, 2.45) is 0 Å². The Balaban J connectivity index is 1.39. The highest BCUT2D eigenvalue weighted by Crippen LogP contribution is 2.55. The number of aliphatic hydroxyl groups is 2. The maximum Gasteiger partial charge on any atom is 0.530 e. The van der Waals surface area contributed by atoms with Crippen LogP contribution in [0, 0.1) is 0 Å². The van der Waals surface area contributed by atoms with Gasteiger partial charge in [-0.1, -0.05) is 24.3 Å². The number of nitrogen functional groups attached to an aromatic ring is 1. The zero-order valence-electron chi connectivity index (χ0n) is 16.6. The third kappa shape index (κ3) is 3.28. The second-order valence-corrected chi connectivity index (χ2v) is 8.97. The molecule has 3 aromatic rings. The van der Waals surface area contributed by atoms with E-state index < -0.39 is 38.5 Å². The number of nitrogens with zero attached hydrogens (tertiary/aromatic N) is 4. The molecule has 4 N–H and O–H groups in total. The molecule has 5 atom stereocenters. The van der Waals surface area contributed by atoms with Crippen LogP contribution in [0.2, 0.25) is 0 Å². The number of hydrogen-bond donors (Lipinski definition) is 3. The SMILES string of the molecule is C=C[C@]1(COP2(=O)OCc3ccccc3O2)O[C@@H](n2cnc3c(N)ncnc32)[C@H](O)[C@@H]1O. The molecule has 0 amide bonds. The van der Waals surface area contributed by atoms with Gasteiger partial charge in [-0.3, -0.25) is 13.6 Å². The molecule has 0 spiro atoms. The van der Waals surface area contributed by atoms with Crippen LogP contribution in [0.25, 0.3) is 11.2 Å². The van der Waals surface area contributed by atoms with E-state index in [1.807, 2.05) is 0 Å². The number of aromatic nitrogens is 4. The molecule has 1 unspecified atom stereocenters. The van der Waals surface area contributed by atoms with E-state index in [0.717, 1.165) is 5.56 Å². The number of fused-ring (bicyclic) bond motifs is 2. The predicted octanol–water partition coefficient (Wildman–Crippen LogP) is 1.32. The minimum absolute atomic E-state index is 0.0331. The molecule has 1 fully saturated rings. The van der Waals surface area contributed by atoms with Crippen molar-refractivity contribution in [3.63, 3.8) is 0 Å². The summed E-state index contributed by atoms with van der Waals surface area (Å²) in [5.74, 6) is 0.535. The number of phosphoric ester groups is 1. The second kappa shape index (κ2) is 7.62. The number of para-hydroxylation sites is 1. The van der Waals surface area contributed by atoms with Gasteiger partial charge >= 0.3 is 7.82 Å². The highest BCUT2D eigenvalue weighted by Gasteiger charge is 2.55. The Morgan fingerprint density at radius 2 is 2.16 bits per heavy atom. The number of anilines is 1. The monoisotopic (exact) mass is 461 g/mol. The van der Waals surface area contributed by atoms with Gasteiger partial charge in [0.05, 0.1) is 19.5 Å². The van der Waals surface area contributed by atoms with E-state index in [9.17, 15) is 14.8 Å². The Labute approximate surface area is 181 Å². The Hall–Kier alpha value is -2.86. The molecule has 0 radical (unpaired) electrons. The number of nitrogens with two attached hydrogens (primary N) is 1. The number of imidazole rings is 1. The molecule has 168 valence electrons. The molecule has 0 saturated carbocycles. The van der Waals surface area contributed by atoms with E-state index in [1.165, 1.54) is 23.3 Å². The molecule has 2 aromatic heterocycles. The lowest BCUT2D eigenvalue weighted by atomic mass is 9.96. The van der Waals surface area contributed by atoms with Crippen LogP contribution >= 0.6 is 7.82 Å². The fraction of sp³-hybridized carbons (Fsp3) is 0.316. The van der Waals surface area contributed by atoms with Crippen molar-refractivity contribution >= 4 is 24.8 Å². The number of hydrogen-bond acceptors (Lipinski definition) is 11. The smallest absolute Gasteiger partial charge is 0.404 e. The largest absolute Gasteiger partial charge is 0.530 e. The highest BCUT2D eigenvalue weighted by molar-refractivity contribution is 7.49. The van der Waals surface area contributed by atoms with Gasteiger partial charge in [0.15, 0.2) is 17.7 Å². The molecule has 4 heterocycles. The summed E-state index contributed by atoms with van der Waals surface area (Å²) in [7, 11) is -4.00. The fourth-order valence-corrected chi connectivity index (χ4v) is 4.94. The summed E-state index contributed by atoms with van der Waals surface area (Å²) in [6.07, 6.45) is -0.124. The minimum Gasteiger partial charge on any atom is -0.404 e. The van der Waals surface area contributed by atoms with Gasteiger partial charge in [0, 0.05) is 5.56 Å². The lowest BCUT2D eigenvalue weighted by Crippen LogP contribution is -2.45. The van der Waals surface area contributed by atoms with E-state index >= 15 is 0 Å². The maximum absolute atomic E-state index is 13.0. The van der Waals surface area contributed by atoms with Crippen molar-refractivity contribution in [3.8, 4) is 5.75 Å². The van der Waals surface area contributed by atoms with E-state index in [-0.39, 0.29) is 12.4 Å². The zero-order valence-corrected chi connectivity index (χ0v) is 17.5. The van der Waals surface area contributed by atoms with Gasteiger partial charge in [-0.05, 0) is 6.07 Å². The first-order valence-corrected chi connectivity index (χ1v) is 11.1. The van der Waals surface area contributed by atoms with Crippen LogP contribution < -0.4 is 10.3 Å². The summed E-state index contributed by atoms with van der Waals surface area (Å²) in [4.78, 5) is 12.1. The molecular weight excluding hydrogens is 441 g/mol. The number of benzene rings is 1.